The van der Waals surface area contributed by atoms with E-state index in [4.69, 9.17) is 14.9 Å². The summed E-state index contributed by atoms with van der Waals surface area (Å²) in [5.74, 6) is -0.707. The van der Waals surface area contributed by atoms with Crippen LogP contribution in [0.1, 0.15) is 21.3 Å². The van der Waals surface area contributed by atoms with Crippen LogP contribution in [-0.4, -0.2) is 35.0 Å². The Kier molecular flexibility index (Phi) is 7.51. The van der Waals surface area contributed by atoms with E-state index in [1.165, 1.54) is 6.92 Å². The molecule has 11 heavy (non-hydrogen) atoms. The maximum atomic E-state index is 10.6. The van der Waals surface area contributed by atoms with Gasteiger partial charge in [0.1, 0.15) is 6.10 Å². The minimum absolute atomic E-state index is 0. The van der Waals surface area contributed by atoms with E-state index >= 15 is 0 Å². The molecule has 0 saturated heterocycles. The van der Waals surface area contributed by atoms with Crippen molar-refractivity contribution in [3.8, 4) is 0 Å². The Labute approximate surface area is 66.8 Å². The summed E-state index contributed by atoms with van der Waals surface area (Å²) in [7, 11) is 0. The number of Topliss-reactive ketones (excluding diaryl/α,β-unsaturated/α-hetero) is 1. The van der Waals surface area contributed by atoms with Gasteiger partial charge in [0.05, 0.1) is 0 Å². The van der Waals surface area contributed by atoms with Crippen LogP contribution in [0.5, 0.6) is 0 Å². The van der Waals surface area contributed by atoms with Crippen LogP contribution < -0.4 is 0 Å². The highest BCUT2D eigenvalue weighted by Gasteiger charge is 2.18. The third-order valence-corrected chi connectivity index (χ3v) is 1.07. The Morgan fingerprint density at radius 2 is 2.00 bits per heavy atom. The maximum Gasteiger partial charge on any atom is 0.216 e. The predicted molar refractivity (Wildman–Crippen MR) is 41.1 cm³/mol. The van der Waals surface area contributed by atoms with Crippen LogP contribution in [0.15, 0.2) is 0 Å². The lowest BCUT2D eigenvalue weighted by Gasteiger charge is -2.10. The molecule has 0 aliphatic heterocycles. The number of carbonyl (C=O) groups excluding carboxylic acids is 1. The minimum atomic E-state index is -1.92. The van der Waals surface area contributed by atoms with Gasteiger partial charge in [0.15, 0.2) is 0 Å². The van der Waals surface area contributed by atoms with Crippen molar-refractivity contribution < 1.29 is 19.7 Å². The van der Waals surface area contributed by atoms with Crippen LogP contribution in [0.3, 0.4) is 0 Å². The Balaban J connectivity index is 0. The maximum absolute atomic E-state index is 10.6. The van der Waals surface area contributed by atoms with E-state index in [1.807, 2.05) is 0 Å². The van der Waals surface area contributed by atoms with Crippen LogP contribution in [-0.2, 0) is 9.53 Å². The smallest absolute Gasteiger partial charge is 0.216 e. The van der Waals surface area contributed by atoms with Crippen LogP contribution in [0.2, 0.25) is 0 Å². The number of aliphatic hydroxyl groups excluding tert-OH is 1. The summed E-state index contributed by atoms with van der Waals surface area (Å²) in [6.07, 6.45) is -2.65. The topological polar surface area (TPSA) is 66.8 Å². The van der Waals surface area contributed by atoms with E-state index in [0.717, 1.165) is 0 Å². The summed E-state index contributed by atoms with van der Waals surface area (Å²) in [4.78, 5) is 10.6. The van der Waals surface area contributed by atoms with Gasteiger partial charge in [-0.25, -0.2) is 0 Å². The highest BCUT2D eigenvalue weighted by Crippen LogP contribution is 1.94. The SMILES string of the molecule is C.CCOC(C)C(=O)C(O)O. The second-order valence-corrected chi connectivity index (χ2v) is 1.87. The fraction of sp³-hybridized carbons (Fsp3) is 0.857. The highest BCUT2D eigenvalue weighted by molar-refractivity contribution is 5.85. The predicted octanol–water partition coefficient (Wildman–Crippen LogP) is -0.0727. The van der Waals surface area contributed by atoms with Crippen molar-refractivity contribution in [1.29, 1.82) is 0 Å². The molecule has 0 rings (SSSR count). The first-order valence-corrected chi connectivity index (χ1v) is 3.11. The molecule has 0 aromatic heterocycles. The Morgan fingerprint density at radius 1 is 1.55 bits per heavy atom. The molecule has 68 valence electrons. The van der Waals surface area contributed by atoms with Crippen molar-refractivity contribution in [2.45, 2.75) is 33.7 Å². The fourth-order valence-electron chi connectivity index (χ4n) is 0.542. The Bertz CT molecular complexity index is 111. The normalized spacial score (nSPS) is 12.5. The molecule has 0 amide bonds. The van der Waals surface area contributed by atoms with Gasteiger partial charge in [0, 0.05) is 6.61 Å². The lowest BCUT2D eigenvalue weighted by Crippen LogP contribution is -2.31. The van der Waals surface area contributed by atoms with Crippen molar-refractivity contribution in [2.75, 3.05) is 6.61 Å². The quantitative estimate of drug-likeness (QED) is 0.571. The zero-order valence-corrected chi connectivity index (χ0v) is 6.07. The third kappa shape index (κ3) is 4.89. The van der Waals surface area contributed by atoms with Crippen molar-refractivity contribution >= 4 is 5.78 Å². The molecule has 4 heteroatoms. The largest absolute Gasteiger partial charge is 0.371 e. The molecule has 1 atom stereocenters. The molecule has 0 saturated carbocycles. The second kappa shape index (κ2) is 6.27. The number of carbonyl (C=O) groups is 1. The van der Waals surface area contributed by atoms with Gasteiger partial charge in [-0.1, -0.05) is 7.43 Å². The van der Waals surface area contributed by atoms with E-state index in [0.29, 0.717) is 6.61 Å². The number of ether oxygens (including phenoxy) is 1. The van der Waals surface area contributed by atoms with Gasteiger partial charge in [-0.15, -0.1) is 0 Å². The fourth-order valence-corrected chi connectivity index (χ4v) is 0.542. The molecule has 4 nitrogen and oxygen atoms in total. The zero-order chi connectivity index (χ0) is 8.15. The number of rotatable bonds is 4. The van der Waals surface area contributed by atoms with Crippen molar-refractivity contribution in [3.05, 3.63) is 0 Å². The average molecular weight is 164 g/mol. The van der Waals surface area contributed by atoms with Gasteiger partial charge in [-0.3, -0.25) is 4.79 Å². The van der Waals surface area contributed by atoms with Crippen LogP contribution in [0, 0.1) is 0 Å². The highest BCUT2D eigenvalue weighted by atomic mass is 16.5. The first-order chi connectivity index (χ1) is 4.59. The number of hydrogen-bond donors (Lipinski definition) is 2. The van der Waals surface area contributed by atoms with Crippen LogP contribution in [0.4, 0.5) is 0 Å². The molecule has 0 radical (unpaired) electrons. The van der Waals surface area contributed by atoms with E-state index in [-0.39, 0.29) is 7.43 Å². The molecule has 0 aliphatic carbocycles. The molecule has 0 fully saturated rings. The number of ketones is 1. The van der Waals surface area contributed by atoms with Crippen molar-refractivity contribution in [2.24, 2.45) is 0 Å². The monoisotopic (exact) mass is 164 g/mol. The molecule has 2 N–H and O–H groups in total. The molecule has 0 spiro atoms. The van der Waals surface area contributed by atoms with Crippen molar-refractivity contribution in [3.63, 3.8) is 0 Å². The molecule has 0 bridgehead atoms. The second-order valence-electron chi connectivity index (χ2n) is 1.87. The number of aliphatic hydroxyl groups is 2. The number of hydrogen-bond acceptors (Lipinski definition) is 4. The molecule has 0 heterocycles. The Hall–Kier alpha value is -0.450. The van der Waals surface area contributed by atoms with Gasteiger partial charge < -0.3 is 14.9 Å². The summed E-state index contributed by atoms with van der Waals surface area (Å²) < 4.78 is 4.80. The summed E-state index contributed by atoms with van der Waals surface area (Å²) in [5.41, 5.74) is 0. The average Bonchev–Trinajstić information content (AvgIpc) is 1.87. The lowest BCUT2D eigenvalue weighted by atomic mass is 10.2. The van der Waals surface area contributed by atoms with Gasteiger partial charge >= 0.3 is 0 Å². The zero-order valence-electron chi connectivity index (χ0n) is 6.07. The van der Waals surface area contributed by atoms with E-state index < -0.39 is 18.2 Å². The van der Waals surface area contributed by atoms with E-state index in [1.54, 1.807) is 6.92 Å². The van der Waals surface area contributed by atoms with Crippen LogP contribution in [0.25, 0.3) is 0 Å². The molecule has 0 aliphatic rings. The molecule has 0 aromatic rings. The summed E-state index contributed by atoms with van der Waals surface area (Å²) in [6, 6.07) is 0. The van der Waals surface area contributed by atoms with Crippen molar-refractivity contribution in [1.82, 2.24) is 0 Å². The summed E-state index contributed by atoms with van der Waals surface area (Å²) in [5, 5.41) is 16.7. The standard InChI is InChI=1S/C6H12O4.CH4/c1-3-10-4(2)5(7)6(8)9;/h4,6,8-9H,3H2,1-2H3;1H4. The van der Waals surface area contributed by atoms with Gasteiger partial charge in [0.25, 0.3) is 0 Å². The van der Waals surface area contributed by atoms with E-state index in [9.17, 15) is 4.79 Å². The third-order valence-electron chi connectivity index (χ3n) is 1.07. The van der Waals surface area contributed by atoms with Gasteiger partial charge in [0.2, 0.25) is 12.1 Å². The first kappa shape index (κ1) is 13.2. The Morgan fingerprint density at radius 3 is 2.27 bits per heavy atom. The van der Waals surface area contributed by atoms with E-state index in [2.05, 4.69) is 0 Å². The molecular formula is C7H16O4. The molecular weight excluding hydrogens is 148 g/mol. The van der Waals surface area contributed by atoms with Gasteiger partial charge in [-0.2, -0.15) is 0 Å². The lowest BCUT2D eigenvalue weighted by molar-refractivity contribution is -0.155. The molecule has 0 aromatic carbocycles. The molecule has 1 unspecified atom stereocenters. The first-order valence-electron chi connectivity index (χ1n) is 3.11. The minimum Gasteiger partial charge on any atom is -0.371 e. The van der Waals surface area contributed by atoms with Gasteiger partial charge in [-0.05, 0) is 13.8 Å². The van der Waals surface area contributed by atoms with Crippen LogP contribution >= 0.6 is 0 Å². The summed E-state index contributed by atoms with van der Waals surface area (Å²) >= 11 is 0. The summed E-state index contributed by atoms with van der Waals surface area (Å²) in [6.45, 7) is 3.60.